The van der Waals surface area contributed by atoms with Gasteiger partial charge in [-0.2, -0.15) is 0 Å². The first-order valence-electron chi connectivity index (χ1n) is 3.17. The molecule has 0 aliphatic carbocycles. The monoisotopic (exact) mass is 144 g/mol. The van der Waals surface area contributed by atoms with E-state index in [1.165, 1.54) is 0 Å². The average molecular weight is 144 g/mol. The Bertz CT molecular complexity index is 91.3. The summed E-state index contributed by atoms with van der Waals surface area (Å²) in [5.41, 5.74) is 0. The quantitative estimate of drug-likeness (QED) is 0.494. The van der Waals surface area contributed by atoms with Gasteiger partial charge in [-0.25, -0.2) is 0 Å². The van der Waals surface area contributed by atoms with Gasteiger partial charge in [0.25, 0.3) is 0 Å². The van der Waals surface area contributed by atoms with Gasteiger partial charge in [-0.3, -0.25) is 0 Å². The molecule has 1 fully saturated rings. The van der Waals surface area contributed by atoms with Crippen LogP contribution in [0.15, 0.2) is 0 Å². The summed E-state index contributed by atoms with van der Waals surface area (Å²) >= 11 is 0. The summed E-state index contributed by atoms with van der Waals surface area (Å²) in [6.45, 7) is 1.24. The highest BCUT2D eigenvalue weighted by Gasteiger charge is 2.40. The Kier molecular flexibility index (Phi) is 3.21. The first-order valence-corrected chi connectivity index (χ1v) is 3.17. The molecule has 0 aromatic rings. The summed E-state index contributed by atoms with van der Waals surface area (Å²) in [7, 11) is 2.36. The number of hydrogen-bond acceptors (Lipinski definition) is 4. The predicted octanol–water partition coefficient (Wildman–Crippen LogP) is -0.619. The van der Waals surface area contributed by atoms with Crippen molar-refractivity contribution in [1.82, 2.24) is 0 Å². The van der Waals surface area contributed by atoms with Crippen LogP contribution in [0.4, 0.5) is 0 Å². The molecular weight excluding hydrogens is 134 g/mol. The molecule has 56 valence electrons. The van der Waals surface area contributed by atoms with Gasteiger partial charge in [0.2, 0.25) is 0 Å². The fraction of sp³-hybridized carbons (Fsp3) is 1.00. The van der Waals surface area contributed by atoms with Gasteiger partial charge in [0.1, 0.15) is 0 Å². The molecule has 1 saturated heterocycles. The van der Waals surface area contributed by atoms with Crippen molar-refractivity contribution in [2.24, 2.45) is 0 Å². The SMILES string of the molecule is COB(OC)B1OCCO1. The standard InChI is InChI=1S/C4H10B2O4/c1-7-5(8-2)6-9-3-4-10-6/h3-4H2,1-2H3. The third kappa shape index (κ3) is 1.73. The van der Waals surface area contributed by atoms with E-state index in [-0.39, 0.29) is 7.01 Å². The molecule has 6 heteroatoms. The predicted molar refractivity (Wildman–Crippen MR) is 37.4 cm³/mol. The van der Waals surface area contributed by atoms with Crippen molar-refractivity contribution in [1.29, 1.82) is 0 Å². The van der Waals surface area contributed by atoms with E-state index in [1.54, 1.807) is 14.2 Å². The summed E-state index contributed by atoms with van der Waals surface area (Å²) in [5.74, 6) is 0. The summed E-state index contributed by atoms with van der Waals surface area (Å²) < 4.78 is 20.1. The van der Waals surface area contributed by atoms with Crippen LogP contribution < -0.4 is 0 Å². The molecule has 0 atom stereocenters. The topological polar surface area (TPSA) is 36.9 Å². The van der Waals surface area contributed by atoms with Gasteiger partial charge in [-0.05, 0) is 0 Å². The maximum atomic E-state index is 5.12. The molecule has 0 amide bonds. The molecule has 1 rings (SSSR count). The molecular formula is C4H10B2O4. The number of hydrogen-bond donors (Lipinski definition) is 0. The van der Waals surface area contributed by atoms with Crippen LogP contribution in [-0.2, 0) is 18.6 Å². The third-order valence-electron chi connectivity index (χ3n) is 1.33. The Morgan fingerprint density at radius 2 is 1.70 bits per heavy atom. The van der Waals surface area contributed by atoms with E-state index >= 15 is 0 Å². The van der Waals surface area contributed by atoms with Crippen molar-refractivity contribution in [3.63, 3.8) is 0 Å². The van der Waals surface area contributed by atoms with Crippen molar-refractivity contribution >= 4 is 14.0 Å². The fourth-order valence-electron chi connectivity index (χ4n) is 0.852. The molecule has 1 aliphatic rings. The summed E-state index contributed by atoms with van der Waals surface area (Å²) in [6, 6.07) is 0. The van der Waals surface area contributed by atoms with E-state index in [2.05, 4.69) is 0 Å². The lowest BCUT2D eigenvalue weighted by Gasteiger charge is -2.09. The third-order valence-corrected chi connectivity index (χ3v) is 1.33. The molecule has 4 nitrogen and oxygen atoms in total. The van der Waals surface area contributed by atoms with E-state index in [1.807, 2.05) is 0 Å². The molecule has 0 spiro atoms. The van der Waals surface area contributed by atoms with Gasteiger partial charge in [-0.15, -0.1) is 0 Å². The largest absolute Gasteiger partial charge is 0.488 e. The van der Waals surface area contributed by atoms with Crippen LogP contribution in [-0.4, -0.2) is 41.5 Å². The second-order valence-electron chi connectivity index (χ2n) is 1.95. The molecule has 0 bridgehead atoms. The van der Waals surface area contributed by atoms with Crippen molar-refractivity contribution in [2.45, 2.75) is 0 Å². The van der Waals surface area contributed by atoms with Crippen molar-refractivity contribution < 1.29 is 18.6 Å². The highest BCUT2D eigenvalue weighted by Crippen LogP contribution is 2.03. The van der Waals surface area contributed by atoms with Gasteiger partial charge in [0, 0.05) is 14.2 Å². The summed E-state index contributed by atoms with van der Waals surface area (Å²) in [4.78, 5) is 0. The zero-order valence-corrected chi connectivity index (χ0v) is 6.20. The van der Waals surface area contributed by atoms with Gasteiger partial charge < -0.3 is 18.6 Å². The molecule has 10 heavy (non-hydrogen) atoms. The first-order chi connectivity index (χ1) is 4.88. The highest BCUT2D eigenvalue weighted by molar-refractivity contribution is 7.10. The Morgan fingerprint density at radius 3 is 2.10 bits per heavy atom. The van der Waals surface area contributed by atoms with Crippen LogP contribution in [0.3, 0.4) is 0 Å². The minimum Gasteiger partial charge on any atom is -0.416 e. The summed E-state index contributed by atoms with van der Waals surface area (Å²) in [6.07, 6.45) is 0. The minimum absolute atomic E-state index is 0.352. The van der Waals surface area contributed by atoms with E-state index in [0.29, 0.717) is 13.2 Å². The maximum absolute atomic E-state index is 5.12. The van der Waals surface area contributed by atoms with Crippen LogP contribution in [0.1, 0.15) is 0 Å². The zero-order valence-electron chi connectivity index (χ0n) is 6.20. The van der Waals surface area contributed by atoms with Crippen LogP contribution in [0, 0.1) is 0 Å². The average Bonchev–Trinajstić information content (AvgIpc) is 2.43. The lowest BCUT2D eigenvalue weighted by atomic mass is 9.49. The zero-order chi connectivity index (χ0) is 7.40. The second kappa shape index (κ2) is 3.98. The molecule has 0 N–H and O–H groups in total. The van der Waals surface area contributed by atoms with E-state index in [0.717, 1.165) is 0 Å². The highest BCUT2D eigenvalue weighted by atomic mass is 16.7. The number of rotatable bonds is 3. The molecule has 1 heterocycles. The molecule has 1 aliphatic heterocycles. The van der Waals surface area contributed by atoms with Gasteiger partial charge in [0.05, 0.1) is 13.2 Å². The lowest BCUT2D eigenvalue weighted by molar-refractivity contribution is 0.273. The Hall–Kier alpha value is -0.0301. The van der Waals surface area contributed by atoms with Crippen LogP contribution >= 0.6 is 0 Å². The van der Waals surface area contributed by atoms with Gasteiger partial charge in [0.15, 0.2) is 0 Å². The molecule has 0 aromatic heterocycles. The molecule has 0 aromatic carbocycles. The van der Waals surface area contributed by atoms with Gasteiger partial charge >= 0.3 is 14.0 Å². The van der Waals surface area contributed by atoms with Crippen molar-refractivity contribution in [3.05, 3.63) is 0 Å². The second-order valence-corrected chi connectivity index (χ2v) is 1.95. The first kappa shape index (κ1) is 8.07. The Balaban J connectivity index is 2.29. The molecule has 0 radical (unpaired) electrons. The van der Waals surface area contributed by atoms with Crippen LogP contribution in [0.2, 0.25) is 0 Å². The van der Waals surface area contributed by atoms with E-state index < -0.39 is 7.01 Å². The smallest absolute Gasteiger partial charge is 0.416 e. The molecule has 0 unspecified atom stereocenters. The van der Waals surface area contributed by atoms with Crippen molar-refractivity contribution in [3.8, 4) is 0 Å². The summed E-state index contributed by atoms with van der Waals surface area (Å²) in [5, 5.41) is 0. The maximum Gasteiger partial charge on any atom is 0.488 e. The fourth-order valence-corrected chi connectivity index (χ4v) is 0.852. The Labute approximate surface area is 61.1 Å². The lowest BCUT2D eigenvalue weighted by Crippen LogP contribution is -2.40. The van der Waals surface area contributed by atoms with Crippen LogP contribution in [0.5, 0.6) is 0 Å². The van der Waals surface area contributed by atoms with E-state index in [4.69, 9.17) is 18.6 Å². The van der Waals surface area contributed by atoms with Gasteiger partial charge in [-0.1, -0.05) is 0 Å². The minimum atomic E-state index is -0.400. The van der Waals surface area contributed by atoms with E-state index in [9.17, 15) is 0 Å². The normalized spacial score (nSPS) is 18.0. The Morgan fingerprint density at radius 1 is 1.20 bits per heavy atom. The van der Waals surface area contributed by atoms with Crippen LogP contribution in [0.25, 0.3) is 0 Å². The van der Waals surface area contributed by atoms with Crippen molar-refractivity contribution in [2.75, 3.05) is 27.4 Å². The molecule has 0 saturated carbocycles.